The minimum Gasteiger partial charge on any atom is -0.421 e. The van der Waals surface area contributed by atoms with E-state index >= 15 is 0 Å². The minimum absolute atomic E-state index is 0.239. The van der Waals surface area contributed by atoms with Crippen molar-refractivity contribution in [2.75, 3.05) is 6.54 Å². The molecule has 6 nitrogen and oxygen atoms in total. The Morgan fingerprint density at radius 2 is 1.58 bits per heavy atom. The maximum absolute atomic E-state index is 12.3. The summed E-state index contributed by atoms with van der Waals surface area (Å²) in [5, 5.41) is 8.12. The molecule has 130 valence electrons. The van der Waals surface area contributed by atoms with E-state index in [-0.39, 0.29) is 11.8 Å². The summed E-state index contributed by atoms with van der Waals surface area (Å²) in [6.45, 7) is 2.34. The van der Waals surface area contributed by atoms with Crippen LogP contribution in [-0.2, 0) is 6.42 Å². The van der Waals surface area contributed by atoms with Crippen molar-refractivity contribution in [3.05, 3.63) is 71.1 Å². The Hall–Kier alpha value is -3.28. The first-order valence-corrected chi connectivity index (χ1v) is 8.48. The van der Waals surface area contributed by atoms with Gasteiger partial charge in [0.05, 0.1) is 11.1 Å². The van der Waals surface area contributed by atoms with Gasteiger partial charge in [-0.15, -0.1) is 10.2 Å². The van der Waals surface area contributed by atoms with Crippen molar-refractivity contribution >= 4 is 11.8 Å². The molecule has 4 rings (SSSR count). The molecule has 6 heteroatoms. The second-order valence-electron chi connectivity index (χ2n) is 6.28. The molecular weight excluding hydrogens is 330 g/mol. The van der Waals surface area contributed by atoms with Gasteiger partial charge in [-0.05, 0) is 37.6 Å². The van der Waals surface area contributed by atoms with Crippen LogP contribution in [0, 0.1) is 6.92 Å². The Bertz CT molecular complexity index is 941. The molecule has 0 bridgehead atoms. The van der Waals surface area contributed by atoms with Crippen LogP contribution in [-0.4, -0.2) is 33.5 Å². The number of hydrogen-bond acceptors (Lipinski definition) is 5. The van der Waals surface area contributed by atoms with Gasteiger partial charge in [0, 0.05) is 18.5 Å². The summed E-state index contributed by atoms with van der Waals surface area (Å²) >= 11 is 0. The zero-order valence-corrected chi connectivity index (χ0v) is 14.3. The fourth-order valence-electron chi connectivity index (χ4n) is 3.00. The third kappa shape index (κ3) is 2.90. The lowest BCUT2D eigenvalue weighted by Crippen LogP contribution is -2.30. The molecular formula is C20H17N3O3. The monoisotopic (exact) mass is 347 g/mol. The Morgan fingerprint density at radius 1 is 0.923 bits per heavy atom. The van der Waals surface area contributed by atoms with Crippen LogP contribution in [0.3, 0.4) is 0 Å². The molecule has 0 spiro atoms. The summed E-state index contributed by atoms with van der Waals surface area (Å²) in [5.74, 6) is 0.492. The van der Waals surface area contributed by atoms with Gasteiger partial charge in [0.1, 0.15) is 0 Å². The number of hydrogen-bond donors (Lipinski definition) is 0. The minimum atomic E-state index is -0.239. The van der Waals surface area contributed by atoms with Crippen molar-refractivity contribution in [2.45, 2.75) is 19.8 Å². The fourth-order valence-corrected chi connectivity index (χ4v) is 3.00. The van der Waals surface area contributed by atoms with E-state index in [4.69, 9.17) is 4.42 Å². The first-order valence-electron chi connectivity index (χ1n) is 8.48. The number of carbonyl (C=O) groups excluding carboxylic acids is 2. The summed E-state index contributed by atoms with van der Waals surface area (Å²) in [5.41, 5.74) is 2.97. The van der Waals surface area contributed by atoms with E-state index in [1.54, 1.807) is 24.3 Å². The molecule has 3 aromatic rings. The lowest BCUT2D eigenvalue weighted by Gasteiger charge is -2.12. The molecule has 0 aliphatic carbocycles. The van der Waals surface area contributed by atoms with Crippen LogP contribution >= 0.6 is 0 Å². The van der Waals surface area contributed by atoms with Crippen LogP contribution in [0.1, 0.15) is 38.6 Å². The average molecular weight is 347 g/mol. The van der Waals surface area contributed by atoms with Crippen molar-refractivity contribution in [1.29, 1.82) is 0 Å². The second-order valence-corrected chi connectivity index (χ2v) is 6.28. The number of carbonyl (C=O) groups is 2. The maximum Gasteiger partial charge on any atom is 0.261 e. The number of fused-ring (bicyclic) bond motifs is 1. The van der Waals surface area contributed by atoms with Crippen LogP contribution in [0.25, 0.3) is 11.5 Å². The Morgan fingerprint density at radius 3 is 2.23 bits per heavy atom. The molecule has 26 heavy (non-hydrogen) atoms. The predicted molar refractivity (Wildman–Crippen MR) is 94.6 cm³/mol. The van der Waals surface area contributed by atoms with Gasteiger partial charge in [-0.1, -0.05) is 29.8 Å². The molecule has 0 atom stereocenters. The van der Waals surface area contributed by atoms with Crippen molar-refractivity contribution in [3.63, 3.8) is 0 Å². The van der Waals surface area contributed by atoms with E-state index in [1.165, 1.54) is 4.90 Å². The standard InChI is InChI=1S/C20H17N3O3/c1-13-8-10-14(11-9-13)18-22-21-17(26-18)7-4-12-23-19(24)15-5-2-3-6-16(15)20(23)25/h2-3,5-6,8-11H,4,7,12H2,1H3. The SMILES string of the molecule is Cc1ccc(-c2nnc(CCCN3C(=O)c4ccccc4C3=O)o2)cc1. The Kier molecular flexibility index (Phi) is 4.08. The smallest absolute Gasteiger partial charge is 0.261 e. The quantitative estimate of drug-likeness (QED) is 0.662. The van der Waals surface area contributed by atoms with Gasteiger partial charge < -0.3 is 4.42 Å². The highest BCUT2D eigenvalue weighted by Gasteiger charge is 2.34. The van der Waals surface area contributed by atoms with E-state index in [2.05, 4.69) is 10.2 Å². The molecule has 1 aromatic heterocycles. The molecule has 1 aliphatic rings. The second kappa shape index (κ2) is 6.55. The summed E-state index contributed by atoms with van der Waals surface area (Å²) in [7, 11) is 0. The van der Waals surface area contributed by atoms with E-state index < -0.39 is 0 Å². The summed E-state index contributed by atoms with van der Waals surface area (Å²) in [4.78, 5) is 25.9. The molecule has 2 amide bonds. The van der Waals surface area contributed by atoms with Gasteiger partial charge in [0.15, 0.2) is 0 Å². The topological polar surface area (TPSA) is 76.3 Å². The van der Waals surface area contributed by atoms with Crippen molar-refractivity contribution < 1.29 is 14.0 Å². The van der Waals surface area contributed by atoms with Crippen molar-refractivity contribution in [3.8, 4) is 11.5 Å². The number of amides is 2. The molecule has 0 fully saturated rings. The Balaban J connectivity index is 1.38. The lowest BCUT2D eigenvalue weighted by atomic mass is 10.1. The third-order valence-corrected chi connectivity index (χ3v) is 4.42. The number of aromatic nitrogens is 2. The van der Waals surface area contributed by atoms with Crippen molar-refractivity contribution in [2.24, 2.45) is 0 Å². The third-order valence-electron chi connectivity index (χ3n) is 4.42. The van der Waals surface area contributed by atoms with E-state index in [0.29, 0.717) is 42.3 Å². The molecule has 1 aliphatic heterocycles. The van der Waals surface area contributed by atoms with Crippen LogP contribution in [0.2, 0.25) is 0 Å². The predicted octanol–water partition coefficient (Wildman–Crippen LogP) is 3.27. The van der Waals surface area contributed by atoms with Gasteiger partial charge in [-0.25, -0.2) is 0 Å². The molecule has 0 radical (unpaired) electrons. The normalized spacial score (nSPS) is 13.3. The zero-order chi connectivity index (χ0) is 18.1. The zero-order valence-electron chi connectivity index (χ0n) is 14.3. The van der Waals surface area contributed by atoms with Crippen LogP contribution in [0.15, 0.2) is 52.9 Å². The highest BCUT2D eigenvalue weighted by Crippen LogP contribution is 2.23. The lowest BCUT2D eigenvalue weighted by molar-refractivity contribution is 0.0651. The van der Waals surface area contributed by atoms with E-state index in [1.807, 2.05) is 31.2 Å². The first-order chi connectivity index (χ1) is 12.6. The number of aryl methyl sites for hydroxylation is 2. The summed E-state index contributed by atoms with van der Waals surface area (Å²) in [6, 6.07) is 14.7. The van der Waals surface area contributed by atoms with E-state index in [0.717, 1.165) is 11.1 Å². The van der Waals surface area contributed by atoms with Gasteiger partial charge in [-0.3, -0.25) is 14.5 Å². The highest BCUT2D eigenvalue weighted by molar-refractivity contribution is 6.21. The summed E-state index contributed by atoms with van der Waals surface area (Å²) < 4.78 is 5.68. The molecule has 0 unspecified atom stereocenters. The van der Waals surface area contributed by atoms with E-state index in [9.17, 15) is 9.59 Å². The van der Waals surface area contributed by atoms with Gasteiger partial charge in [-0.2, -0.15) is 0 Å². The summed E-state index contributed by atoms with van der Waals surface area (Å²) in [6.07, 6.45) is 1.08. The number of imide groups is 1. The van der Waals surface area contributed by atoms with Gasteiger partial charge in [0.2, 0.25) is 11.8 Å². The number of benzene rings is 2. The number of nitrogens with zero attached hydrogens (tertiary/aromatic N) is 3. The molecule has 2 aromatic carbocycles. The average Bonchev–Trinajstić information content (AvgIpc) is 3.22. The number of rotatable bonds is 5. The van der Waals surface area contributed by atoms with Crippen LogP contribution < -0.4 is 0 Å². The Labute approximate surface area is 150 Å². The molecule has 0 saturated carbocycles. The highest BCUT2D eigenvalue weighted by atomic mass is 16.4. The molecule has 2 heterocycles. The van der Waals surface area contributed by atoms with Gasteiger partial charge >= 0.3 is 0 Å². The van der Waals surface area contributed by atoms with Crippen LogP contribution in [0.4, 0.5) is 0 Å². The fraction of sp³-hybridized carbons (Fsp3) is 0.200. The maximum atomic E-state index is 12.3. The van der Waals surface area contributed by atoms with Gasteiger partial charge in [0.25, 0.3) is 11.8 Å². The van der Waals surface area contributed by atoms with Crippen LogP contribution in [0.5, 0.6) is 0 Å². The molecule has 0 saturated heterocycles. The largest absolute Gasteiger partial charge is 0.421 e. The molecule has 0 N–H and O–H groups in total. The van der Waals surface area contributed by atoms with Crippen molar-refractivity contribution in [1.82, 2.24) is 15.1 Å². The first kappa shape index (κ1) is 16.2.